The number of rotatable bonds is 4. The zero-order valence-electron chi connectivity index (χ0n) is 12.5. The zero-order chi connectivity index (χ0) is 15.7. The van der Waals surface area contributed by atoms with Crippen molar-refractivity contribution < 1.29 is 4.79 Å². The van der Waals surface area contributed by atoms with Crippen LogP contribution in [0.1, 0.15) is 23.9 Å². The van der Waals surface area contributed by atoms with E-state index >= 15 is 0 Å². The van der Waals surface area contributed by atoms with Crippen LogP contribution in [0.25, 0.3) is 0 Å². The Morgan fingerprint density at radius 1 is 1.50 bits per heavy atom. The topological polar surface area (TPSA) is 89.9 Å². The zero-order valence-corrected chi connectivity index (χ0v) is 14.2. The van der Waals surface area contributed by atoms with Crippen LogP contribution in [0.4, 0.5) is 5.13 Å². The molecule has 2 N–H and O–H groups in total. The number of nitrogen functional groups attached to an aromatic ring is 1. The number of anilines is 1. The minimum absolute atomic E-state index is 0.128. The van der Waals surface area contributed by atoms with E-state index in [2.05, 4.69) is 28.3 Å². The Morgan fingerprint density at radius 3 is 2.95 bits per heavy atom. The lowest BCUT2D eigenvalue weighted by Gasteiger charge is -2.17. The van der Waals surface area contributed by atoms with Gasteiger partial charge in [-0.3, -0.25) is 9.48 Å². The highest BCUT2D eigenvalue weighted by molar-refractivity contribution is 8.01. The number of thioether (sulfide) groups is 1. The molecule has 1 fully saturated rings. The van der Waals surface area contributed by atoms with E-state index in [0.29, 0.717) is 10.9 Å². The van der Waals surface area contributed by atoms with Gasteiger partial charge in [0.05, 0.1) is 17.5 Å². The molecule has 0 unspecified atom stereocenters. The molecule has 1 aliphatic rings. The molecule has 0 aliphatic carbocycles. The van der Waals surface area contributed by atoms with Crippen molar-refractivity contribution in [2.75, 3.05) is 24.6 Å². The van der Waals surface area contributed by atoms with Crippen molar-refractivity contribution in [1.29, 1.82) is 0 Å². The lowest BCUT2D eigenvalue weighted by Crippen LogP contribution is -2.30. The quantitative estimate of drug-likeness (QED) is 0.850. The summed E-state index contributed by atoms with van der Waals surface area (Å²) in [6.45, 7) is 5.55. The number of likely N-dealkylation sites (tertiary alicyclic amines) is 1. The van der Waals surface area contributed by atoms with E-state index in [4.69, 9.17) is 5.73 Å². The molecule has 1 amide bonds. The first-order valence-electron chi connectivity index (χ1n) is 7.05. The molecule has 1 saturated heterocycles. The maximum atomic E-state index is 12.3. The molecule has 3 rings (SSSR count). The minimum Gasteiger partial charge on any atom is -0.374 e. The van der Waals surface area contributed by atoms with E-state index in [9.17, 15) is 4.79 Å². The third kappa shape index (κ3) is 3.25. The van der Waals surface area contributed by atoms with Crippen molar-refractivity contribution in [2.45, 2.75) is 30.6 Å². The number of nitrogens with zero attached hydrogens (tertiary/aromatic N) is 5. The van der Waals surface area contributed by atoms with Crippen LogP contribution in [0.3, 0.4) is 0 Å². The molecular formula is C13H18N6OS2. The highest BCUT2D eigenvalue weighted by Gasteiger charge is 2.28. The van der Waals surface area contributed by atoms with Crippen LogP contribution >= 0.6 is 23.1 Å². The first-order chi connectivity index (χ1) is 10.5. The fourth-order valence-electron chi connectivity index (χ4n) is 2.68. The fraction of sp³-hybridized carbons (Fsp3) is 0.538. The molecule has 0 spiro atoms. The third-order valence-electron chi connectivity index (χ3n) is 3.65. The van der Waals surface area contributed by atoms with Crippen LogP contribution < -0.4 is 5.73 Å². The van der Waals surface area contributed by atoms with Crippen LogP contribution in [-0.4, -0.2) is 49.6 Å². The lowest BCUT2D eigenvalue weighted by molar-refractivity contribution is -0.127. The molecule has 1 atom stereocenters. The average Bonchev–Trinajstić information content (AvgIpc) is 3.16. The fourth-order valence-corrected chi connectivity index (χ4v) is 4.22. The van der Waals surface area contributed by atoms with Gasteiger partial charge in [0.1, 0.15) is 0 Å². The van der Waals surface area contributed by atoms with Gasteiger partial charge in [0.25, 0.3) is 0 Å². The number of hydrogen-bond donors (Lipinski definition) is 1. The lowest BCUT2D eigenvalue weighted by atomic mass is 10.2. The normalized spacial score (nSPS) is 18.1. The monoisotopic (exact) mass is 338 g/mol. The van der Waals surface area contributed by atoms with E-state index in [1.165, 1.54) is 23.1 Å². The summed E-state index contributed by atoms with van der Waals surface area (Å²) in [4.78, 5) is 14.2. The summed E-state index contributed by atoms with van der Waals surface area (Å²) in [5.41, 5.74) is 7.70. The van der Waals surface area contributed by atoms with Gasteiger partial charge in [-0.2, -0.15) is 5.10 Å². The maximum absolute atomic E-state index is 12.3. The smallest absolute Gasteiger partial charge is 0.233 e. The van der Waals surface area contributed by atoms with Gasteiger partial charge < -0.3 is 10.6 Å². The van der Waals surface area contributed by atoms with Gasteiger partial charge in [0.15, 0.2) is 4.34 Å². The van der Waals surface area contributed by atoms with Crippen molar-refractivity contribution in [3.05, 3.63) is 17.5 Å². The van der Waals surface area contributed by atoms with E-state index in [1.807, 2.05) is 16.5 Å². The van der Waals surface area contributed by atoms with Gasteiger partial charge in [0, 0.05) is 18.8 Å². The predicted octanol–water partition coefficient (Wildman–Crippen LogP) is 1.50. The number of amides is 1. The summed E-state index contributed by atoms with van der Waals surface area (Å²) in [6.07, 6.45) is 0.949. The summed E-state index contributed by atoms with van der Waals surface area (Å²) >= 11 is 2.70. The molecule has 118 valence electrons. The maximum Gasteiger partial charge on any atom is 0.233 e. The molecule has 1 aliphatic heterocycles. The Morgan fingerprint density at radius 2 is 2.32 bits per heavy atom. The molecule has 0 saturated carbocycles. The average molecular weight is 338 g/mol. The predicted molar refractivity (Wildman–Crippen MR) is 87.0 cm³/mol. The summed E-state index contributed by atoms with van der Waals surface area (Å²) in [6, 6.07) is 2.35. The van der Waals surface area contributed by atoms with Gasteiger partial charge in [-0.1, -0.05) is 23.1 Å². The van der Waals surface area contributed by atoms with Crippen LogP contribution in [0.15, 0.2) is 10.4 Å². The highest BCUT2D eigenvalue weighted by Crippen LogP contribution is 2.26. The number of aromatic nitrogens is 4. The molecule has 9 heteroatoms. The molecule has 2 aromatic rings. The van der Waals surface area contributed by atoms with Crippen molar-refractivity contribution in [3.63, 3.8) is 0 Å². The Kier molecular flexibility index (Phi) is 4.34. The van der Waals surface area contributed by atoms with Crippen molar-refractivity contribution in [1.82, 2.24) is 24.9 Å². The Balaban J connectivity index is 1.55. The van der Waals surface area contributed by atoms with Gasteiger partial charge in [-0.15, -0.1) is 10.2 Å². The molecule has 3 heterocycles. The highest BCUT2D eigenvalue weighted by atomic mass is 32.2. The van der Waals surface area contributed by atoms with E-state index in [0.717, 1.165) is 35.2 Å². The second-order valence-corrected chi connectivity index (χ2v) is 7.58. The molecule has 7 nitrogen and oxygen atoms in total. The molecule has 0 bridgehead atoms. The van der Waals surface area contributed by atoms with E-state index in [-0.39, 0.29) is 11.9 Å². The van der Waals surface area contributed by atoms with Gasteiger partial charge >= 0.3 is 0 Å². The van der Waals surface area contributed by atoms with Crippen LogP contribution in [0.2, 0.25) is 0 Å². The first-order valence-corrected chi connectivity index (χ1v) is 8.85. The van der Waals surface area contributed by atoms with E-state index < -0.39 is 0 Å². The standard InChI is InChI=1S/C13H18N6OS2/c1-8-5-9(2)19(17-8)10-3-4-18(6-10)11(20)7-21-13-16-15-12(14)22-13/h5,10H,3-4,6-7H2,1-2H3,(H2,14,15)/t10-/m0/s1. The number of aryl methyl sites for hydroxylation is 2. The second kappa shape index (κ2) is 6.25. The first kappa shape index (κ1) is 15.3. The Hall–Kier alpha value is -1.61. The van der Waals surface area contributed by atoms with Crippen LogP contribution in [-0.2, 0) is 4.79 Å². The molecule has 0 aromatic carbocycles. The van der Waals surface area contributed by atoms with Crippen molar-refractivity contribution >= 4 is 34.1 Å². The number of carbonyl (C=O) groups excluding carboxylic acids is 1. The summed E-state index contributed by atoms with van der Waals surface area (Å²) in [5.74, 6) is 0.501. The number of hydrogen-bond acceptors (Lipinski definition) is 7. The summed E-state index contributed by atoms with van der Waals surface area (Å²) < 4.78 is 2.78. The van der Waals surface area contributed by atoms with Crippen LogP contribution in [0.5, 0.6) is 0 Å². The SMILES string of the molecule is Cc1cc(C)n([C@H]2CCN(C(=O)CSc3nnc(N)s3)C2)n1. The number of nitrogens with two attached hydrogens (primary N) is 1. The minimum atomic E-state index is 0.128. The molecular weight excluding hydrogens is 320 g/mol. The molecule has 2 aromatic heterocycles. The third-order valence-corrected chi connectivity index (χ3v) is 5.52. The van der Waals surface area contributed by atoms with Crippen molar-refractivity contribution in [3.8, 4) is 0 Å². The van der Waals surface area contributed by atoms with Crippen LogP contribution in [0, 0.1) is 13.8 Å². The largest absolute Gasteiger partial charge is 0.374 e. The number of carbonyl (C=O) groups is 1. The Bertz CT molecular complexity index is 682. The van der Waals surface area contributed by atoms with Crippen molar-refractivity contribution in [2.24, 2.45) is 0 Å². The Labute approximate surface area is 136 Å². The molecule has 0 radical (unpaired) electrons. The van der Waals surface area contributed by atoms with Gasteiger partial charge in [0.2, 0.25) is 11.0 Å². The summed E-state index contributed by atoms with van der Waals surface area (Å²) in [7, 11) is 0. The van der Waals surface area contributed by atoms with Gasteiger partial charge in [-0.05, 0) is 26.3 Å². The van der Waals surface area contributed by atoms with E-state index in [1.54, 1.807) is 0 Å². The second-order valence-electron chi connectivity index (χ2n) is 5.35. The van der Waals surface area contributed by atoms with Gasteiger partial charge in [-0.25, -0.2) is 0 Å². The summed E-state index contributed by atoms with van der Waals surface area (Å²) in [5, 5.41) is 12.6. The molecule has 22 heavy (non-hydrogen) atoms.